The average Bonchev–Trinajstić information content (AvgIpc) is 3.15. The van der Waals surface area contributed by atoms with Gasteiger partial charge in [-0.15, -0.1) is 23.5 Å². The molecule has 176 valence electrons. The molecule has 1 aromatic carbocycles. The summed E-state index contributed by atoms with van der Waals surface area (Å²) >= 11 is 3.33. The standard InChI is InChI=1S/C23H32N2O5S2/c1-3-30-22(29)18(11-10-17-8-5-4-6-9-17)24-16(2)20(26)25-13-12-23(19(25)21(27)28)31-14-7-15-32-23/h4-6,8-9,16,18-19,24H,3,7,10-15H2,1-2H3,(H,27,28)/t16?,18-,19-/m0/s1. The molecule has 1 spiro atoms. The molecule has 9 heteroatoms. The topological polar surface area (TPSA) is 95.9 Å². The van der Waals surface area contributed by atoms with E-state index < -0.39 is 34.1 Å². The number of rotatable bonds is 9. The number of ether oxygens (including phenoxy) is 1. The van der Waals surface area contributed by atoms with Crippen LogP contribution < -0.4 is 5.32 Å². The van der Waals surface area contributed by atoms with E-state index >= 15 is 0 Å². The van der Waals surface area contributed by atoms with Crippen LogP contribution in [0.2, 0.25) is 0 Å². The summed E-state index contributed by atoms with van der Waals surface area (Å²) < 4.78 is 4.74. The van der Waals surface area contributed by atoms with E-state index in [1.807, 2.05) is 30.3 Å². The number of aryl methyl sites for hydroxylation is 1. The summed E-state index contributed by atoms with van der Waals surface area (Å²) in [4.78, 5) is 39.5. The van der Waals surface area contributed by atoms with Crippen molar-refractivity contribution in [1.82, 2.24) is 10.2 Å². The van der Waals surface area contributed by atoms with Gasteiger partial charge in [0.25, 0.3) is 0 Å². The number of carboxylic acid groups (broad SMARTS) is 1. The van der Waals surface area contributed by atoms with Gasteiger partial charge in [0.15, 0.2) is 6.04 Å². The highest BCUT2D eigenvalue weighted by Crippen LogP contribution is 2.52. The van der Waals surface area contributed by atoms with Crippen molar-refractivity contribution in [2.75, 3.05) is 24.7 Å². The van der Waals surface area contributed by atoms with Gasteiger partial charge in [0.05, 0.1) is 16.7 Å². The maximum Gasteiger partial charge on any atom is 0.328 e. The van der Waals surface area contributed by atoms with Gasteiger partial charge in [0, 0.05) is 6.54 Å². The SMILES string of the molecule is CCOC(=O)[C@H](CCc1ccccc1)NC(C)C(=O)N1CCC2(SCCCS2)[C@@H]1C(=O)O. The molecule has 1 unspecified atom stereocenters. The molecule has 3 atom stereocenters. The van der Waals surface area contributed by atoms with Gasteiger partial charge in [-0.25, -0.2) is 4.79 Å². The number of likely N-dealkylation sites (tertiary alicyclic amines) is 1. The number of hydrogen-bond acceptors (Lipinski definition) is 7. The number of carboxylic acids is 1. The van der Waals surface area contributed by atoms with Crippen molar-refractivity contribution in [3.8, 4) is 0 Å². The molecule has 2 aliphatic heterocycles. The van der Waals surface area contributed by atoms with Gasteiger partial charge in [0.2, 0.25) is 5.91 Å². The predicted molar refractivity (Wildman–Crippen MR) is 128 cm³/mol. The minimum Gasteiger partial charge on any atom is -0.480 e. The fourth-order valence-corrected chi connectivity index (χ4v) is 7.85. The van der Waals surface area contributed by atoms with Crippen LogP contribution in [0, 0.1) is 0 Å². The van der Waals surface area contributed by atoms with E-state index in [4.69, 9.17) is 4.74 Å². The molecular weight excluding hydrogens is 448 g/mol. The minimum atomic E-state index is -0.962. The fourth-order valence-electron chi connectivity index (χ4n) is 4.32. The quantitative estimate of drug-likeness (QED) is 0.521. The Morgan fingerprint density at radius 3 is 2.56 bits per heavy atom. The summed E-state index contributed by atoms with van der Waals surface area (Å²) in [5.41, 5.74) is 1.10. The molecule has 0 aliphatic carbocycles. The monoisotopic (exact) mass is 480 g/mol. The summed E-state index contributed by atoms with van der Waals surface area (Å²) in [5.74, 6) is 0.189. The Hall–Kier alpha value is -1.71. The normalized spacial score (nSPS) is 21.8. The molecule has 2 aliphatic rings. The lowest BCUT2D eigenvalue weighted by atomic mass is 10.0. The third-order valence-electron chi connectivity index (χ3n) is 5.89. The Balaban J connectivity index is 1.69. The van der Waals surface area contributed by atoms with E-state index in [0.717, 1.165) is 23.5 Å². The zero-order valence-electron chi connectivity index (χ0n) is 18.6. The van der Waals surface area contributed by atoms with E-state index in [2.05, 4.69) is 5.32 Å². The van der Waals surface area contributed by atoms with Crippen LogP contribution >= 0.6 is 23.5 Å². The van der Waals surface area contributed by atoms with E-state index in [0.29, 0.717) is 25.8 Å². The van der Waals surface area contributed by atoms with Crippen LogP contribution in [0.25, 0.3) is 0 Å². The summed E-state index contributed by atoms with van der Waals surface area (Å²) in [7, 11) is 0. The van der Waals surface area contributed by atoms with Crippen molar-refractivity contribution in [2.24, 2.45) is 0 Å². The van der Waals surface area contributed by atoms with Crippen molar-refractivity contribution in [2.45, 2.75) is 61.7 Å². The molecule has 2 N–H and O–H groups in total. The average molecular weight is 481 g/mol. The molecule has 32 heavy (non-hydrogen) atoms. The smallest absolute Gasteiger partial charge is 0.328 e. The summed E-state index contributed by atoms with van der Waals surface area (Å²) in [6.45, 7) is 4.12. The number of nitrogens with zero attached hydrogens (tertiary/aromatic N) is 1. The van der Waals surface area contributed by atoms with E-state index in [-0.39, 0.29) is 12.5 Å². The van der Waals surface area contributed by atoms with Crippen LogP contribution in [0.4, 0.5) is 0 Å². The zero-order valence-corrected chi connectivity index (χ0v) is 20.3. The van der Waals surface area contributed by atoms with E-state index in [1.165, 1.54) is 4.90 Å². The number of aliphatic carboxylic acids is 1. The first-order chi connectivity index (χ1) is 15.4. The van der Waals surface area contributed by atoms with Crippen LogP contribution in [0.15, 0.2) is 30.3 Å². The lowest BCUT2D eigenvalue weighted by molar-refractivity contribution is -0.150. The summed E-state index contributed by atoms with van der Waals surface area (Å²) in [6.07, 6.45) is 2.86. The second kappa shape index (κ2) is 11.4. The lowest BCUT2D eigenvalue weighted by Crippen LogP contribution is -2.56. The van der Waals surface area contributed by atoms with E-state index in [1.54, 1.807) is 37.4 Å². The van der Waals surface area contributed by atoms with Gasteiger partial charge < -0.3 is 14.7 Å². The Morgan fingerprint density at radius 2 is 1.94 bits per heavy atom. The van der Waals surface area contributed by atoms with E-state index in [9.17, 15) is 19.5 Å². The Morgan fingerprint density at radius 1 is 1.25 bits per heavy atom. The number of carbonyl (C=O) groups excluding carboxylic acids is 2. The maximum atomic E-state index is 13.3. The van der Waals surface area contributed by atoms with Crippen LogP contribution in [-0.4, -0.2) is 74.7 Å². The first-order valence-corrected chi connectivity index (χ1v) is 13.1. The highest BCUT2D eigenvalue weighted by molar-refractivity contribution is 8.18. The van der Waals surface area contributed by atoms with Crippen molar-refractivity contribution in [3.05, 3.63) is 35.9 Å². The third-order valence-corrected chi connectivity index (χ3v) is 9.41. The number of amides is 1. The molecule has 0 saturated carbocycles. The fraction of sp³-hybridized carbons (Fsp3) is 0.609. The molecule has 3 rings (SSSR count). The largest absolute Gasteiger partial charge is 0.480 e. The lowest BCUT2D eigenvalue weighted by Gasteiger charge is -2.37. The number of esters is 1. The van der Waals surface area contributed by atoms with Crippen molar-refractivity contribution >= 4 is 41.4 Å². The molecule has 2 saturated heterocycles. The number of nitrogens with one attached hydrogen (secondary N) is 1. The number of carbonyl (C=O) groups is 3. The molecule has 1 aromatic rings. The Kier molecular flexibility index (Phi) is 8.90. The van der Waals surface area contributed by atoms with Crippen molar-refractivity contribution < 1.29 is 24.2 Å². The van der Waals surface area contributed by atoms with Crippen molar-refractivity contribution in [1.29, 1.82) is 0 Å². The van der Waals surface area contributed by atoms with Crippen LogP contribution in [-0.2, 0) is 25.5 Å². The van der Waals surface area contributed by atoms with Crippen LogP contribution in [0.1, 0.15) is 38.7 Å². The molecule has 2 fully saturated rings. The van der Waals surface area contributed by atoms with Gasteiger partial charge in [-0.05, 0) is 56.6 Å². The van der Waals surface area contributed by atoms with Gasteiger partial charge in [0.1, 0.15) is 6.04 Å². The molecule has 7 nitrogen and oxygen atoms in total. The molecule has 0 aromatic heterocycles. The molecule has 1 amide bonds. The van der Waals surface area contributed by atoms with Crippen LogP contribution in [0.3, 0.4) is 0 Å². The zero-order chi connectivity index (χ0) is 23.1. The number of thioether (sulfide) groups is 2. The summed E-state index contributed by atoms with van der Waals surface area (Å²) in [6, 6.07) is 7.63. The highest BCUT2D eigenvalue weighted by Gasteiger charge is 2.55. The number of hydrogen-bond donors (Lipinski definition) is 2. The first kappa shape index (κ1) is 24.9. The van der Waals surface area contributed by atoms with Gasteiger partial charge in [-0.2, -0.15) is 0 Å². The first-order valence-electron chi connectivity index (χ1n) is 11.2. The second-order valence-electron chi connectivity index (χ2n) is 8.10. The maximum absolute atomic E-state index is 13.3. The number of benzene rings is 1. The Labute approximate surface area is 198 Å². The van der Waals surface area contributed by atoms with Gasteiger partial charge >= 0.3 is 11.9 Å². The molecule has 0 bridgehead atoms. The van der Waals surface area contributed by atoms with Gasteiger partial charge in [-0.3, -0.25) is 14.9 Å². The summed E-state index contributed by atoms with van der Waals surface area (Å²) in [5, 5.41) is 13.1. The van der Waals surface area contributed by atoms with Crippen LogP contribution in [0.5, 0.6) is 0 Å². The third kappa shape index (κ3) is 5.80. The molecule has 2 heterocycles. The predicted octanol–water partition coefficient (Wildman–Crippen LogP) is 2.78. The van der Waals surface area contributed by atoms with Crippen molar-refractivity contribution in [3.63, 3.8) is 0 Å². The molecular formula is C23H32N2O5S2. The molecule has 0 radical (unpaired) electrons. The second-order valence-corrected chi connectivity index (χ2v) is 11.2. The Bertz CT molecular complexity index is 801. The highest BCUT2D eigenvalue weighted by atomic mass is 32.2. The van der Waals surface area contributed by atoms with Gasteiger partial charge in [-0.1, -0.05) is 30.3 Å². The minimum absolute atomic E-state index is 0.259.